The molecule has 10 heteroatoms. The zero-order chi connectivity index (χ0) is 25.0. The Kier molecular flexibility index (Phi) is 5.56. The van der Waals surface area contributed by atoms with Gasteiger partial charge in [0, 0.05) is 6.54 Å². The number of halogens is 1. The molecule has 9 nitrogen and oxygen atoms in total. The van der Waals surface area contributed by atoms with Crippen LogP contribution in [0.5, 0.6) is 11.5 Å². The Morgan fingerprint density at radius 1 is 1.17 bits per heavy atom. The number of carbonyl (C=O) groups is 3. The summed E-state index contributed by atoms with van der Waals surface area (Å²) in [4.78, 5) is 44.5. The molecule has 0 aromatic heterocycles. The van der Waals surface area contributed by atoms with Crippen molar-refractivity contribution < 1.29 is 23.9 Å². The van der Waals surface area contributed by atoms with Gasteiger partial charge in [-0.2, -0.15) is 5.26 Å². The third-order valence-corrected chi connectivity index (χ3v) is 7.59. The molecular formula is C25H23ClN4O5. The Labute approximate surface area is 207 Å². The fraction of sp³-hybridized carbons (Fsp3) is 0.360. The van der Waals surface area contributed by atoms with Gasteiger partial charge in [-0.05, 0) is 48.7 Å². The molecule has 3 aliphatic heterocycles. The van der Waals surface area contributed by atoms with Crippen molar-refractivity contribution in [3.63, 3.8) is 0 Å². The predicted octanol–water partition coefficient (Wildman–Crippen LogP) is 2.90. The van der Waals surface area contributed by atoms with E-state index in [0.29, 0.717) is 35.7 Å². The summed E-state index contributed by atoms with van der Waals surface area (Å²) in [5, 5.41) is 9.43. The lowest BCUT2D eigenvalue weighted by molar-refractivity contribution is -0.135. The Hall–Kier alpha value is -3.77. The molecule has 180 valence electrons. The molecule has 3 heterocycles. The van der Waals surface area contributed by atoms with Gasteiger partial charge in [-0.25, -0.2) is 9.69 Å². The van der Waals surface area contributed by atoms with Gasteiger partial charge < -0.3 is 19.3 Å². The number of hydrogen-bond donors (Lipinski definition) is 0. The first-order valence-corrected chi connectivity index (χ1v) is 11.5. The second-order valence-electron chi connectivity index (χ2n) is 8.86. The van der Waals surface area contributed by atoms with Crippen LogP contribution in [0.25, 0.3) is 0 Å². The molecule has 5 rings (SSSR count). The number of urea groups is 1. The van der Waals surface area contributed by atoms with Crippen molar-refractivity contribution in [3.8, 4) is 17.6 Å². The summed E-state index contributed by atoms with van der Waals surface area (Å²) >= 11 is 6.29. The normalized spacial score (nSPS) is 22.5. The van der Waals surface area contributed by atoms with Crippen LogP contribution in [-0.2, 0) is 16.0 Å². The minimum absolute atomic E-state index is 0.110. The van der Waals surface area contributed by atoms with Crippen molar-refractivity contribution in [3.05, 3.63) is 52.0 Å². The third kappa shape index (κ3) is 3.40. The highest BCUT2D eigenvalue weighted by molar-refractivity contribution is 6.33. The van der Waals surface area contributed by atoms with Crippen molar-refractivity contribution in [2.75, 3.05) is 25.7 Å². The highest BCUT2D eigenvalue weighted by Gasteiger charge is 2.62. The number of benzene rings is 2. The zero-order valence-corrected chi connectivity index (χ0v) is 20.2. The fourth-order valence-electron chi connectivity index (χ4n) is 5.44. The summed E-state index contributed by atoms with van der Waals surface area (Å²) < 4.78 is 10.6. The lowest BCUT2D eigenvalue weighted by Gasteiger charge is -2.35. The van der Waals surface area contributed by atoms with E-state index < -0.39 is 12.1 Å². The molecule has 3 fully saturated rings. The molecule has 3 atom stereocenters. The predicted molar refractivity (Wildman–Crippen MR) is 127 cm³/mol. The first kappa shape index (κ1) is 23.0. The number of piperazine rings is 1. The number of anilines is 1. The summed E-state index contributed by atoms with van der Waals surface area (Å²) in [7, 11) is 3.08. The van der Waals surface area contributed by atoms with Gasteiger partial charge in [0.1, 0.15) is 12.1 Å². The smallest absolute Gasteiger partial charge is 0.332 e. The molecule has 3 aliphatic rings. The van der Waals surface area contributed by atoms with E-state index >= 15 is 0 Å². The summed E-state index contributed by atoms with van der Waals surface area (Å²) in [5.74, 6) is 0.624. The molecule has 3 saturated heterocycles. The Morgan fingerprint density at radius 2 is 1.91 bits per heavy atom. The van der Waals surface area contributed by atoms with Crippen LogP contribution in [0.4, 0.5) is 10.5 Å². The molecule has 2 aromatic carbocycles. The van der Waals surface area contributed by atoms with Crippen LogP contribution >= 0.6 is 11.6 Å². The second kappa shape index (κ2) is 8.47. The number of ether oxygens (including phenoxy) is 2. The van der Waals surface area contributed by atoms with E-state index in [1.54, 1.807) is 42.0 Å². The highest BCUT2D eigenvalue weighted by Crippen LogP contribution is 2.44. The first-order valence-electron chi connectivity index (χ1n) is 11.2. The molecule has 0 spiro atoms. The number of nitrogens with zero attached hydrogens (tertiary/aromatic N) is 4. The third-order valence-electron chi connectivity index (χ3n) is 7.11. The van der Waals surface area contributed by atoms with Crippen LogP contribution in [0.15, 0.2) is 30.3 Å². The number of fused-ring (bicyclic) bond motifs is 5. The monoisotopic (exact) mass is 494 g/mol. The number of methoxy groups -OCH3 is 2. The number of rotatable bonds is 5. The van der Waals surface area contributed by atoms with Gasteiger partial charge in [-0.3, -0.25) is 9.59 Å². The maximum Gasteiger partial charge on any atom is 0.332 e. The van der Waals surface area contributed by atoms with Gasteiger partial charge in [0.05, 0.1) is 49.0 Å². The van der Waals surface area contributed by atoms with Crippen LogP contribution in [0.2, 0.25) is 5.02 Å². The standard InChI is InChI=1S/C25H23ClN4O5/c1-13-17(6-5-15(11-27)22(13)26)30-24(32)23-18-10-16(29(23)25(30)33)12-28(18)21(31)9-14-4-7-19(34-2)20(8-14)35-3/h4-8,16,18,23H,9-10,12H2,1-3H3/t16-,18-,23-/m0/s1. The minimum Gasteiger partial charge on any atom is -0.493 e. The van der Waals surface area contributed by atoms with Gasteiger partial charge in [0.15, 0.2) is 11.5 Å². The van der Waals surface area contributed by atoms with Crippen LogP contribution in [0, 0.1) is 18.3 Å². The summed E-state index contributed by atoms with van der Waals surface area (Å²) in [6.07, 6.45) is 0.716. The lowest BCUT2D eigenvalue weighted by Crippen LogP contribution is -2.55. The molecule has 0 aliphatic carbocycles. The zero-order valence-electron chi connectivity index (χ0n) is 19.4. The molecule has 0 unspecified atom stereocenters. The first-order chi connectivity index (χ1) is 16.8. The molecule has 4 amide bonds. The molecule has 2 aromatic rings. The van der Waals surface area contributed by atoms with Crippen molar-refractivity contribution in [1.82, 2.24) is 9.80 Å². The van der Waals surface area contributed by atoms with Crippen molar-refractivity contribution >= 4 is 35.1 Å². The Balaban J connectivity index is 1.38. The molecule has 35 heavy (non-hydrogen) atoms. The van der Waals surface area contributed by atoms with Crippen LogP contribution in [0.1, 0.15) is 23.1 Å². The van der Waals surface area contributed by atoms with Gasteiger partial charge in [-0.15, -0.1) is 0 Å². The summed E-state index contributed by atoms with van der Waals surface area (Å²) in [6.45, 7) is 2.06. The maximum absolute atomic E-state index is 13.5. The maximum atomic E-state index is 13.5. The topological polar surface area (TPSA) is 103 Å². The van der Waals surface area contributed by atoms with Crippen LogP contribution < -0.4 is 14.4 Å². The minimum atomic E-state index is -0.732. The Morgan fingerprint density at radius 3 is 2.60 bits per heavy atom. The number of amides is 4. The number of hydrogen-bond acceptors (Lipinski definition) is 6. The number of nitriles is 1. The fourth-order valence-corrected chi connectivity index (χ4v) is 5.64. The van der Waals surface area contributed by atoms with Crippen molar-refractivity contribution in [2.24, 2.45) is 0 Å². The van der Waals surface area contributed by atoms with E-state index in [9.17, 15) is 19.6 Å². The number of imide groups is 1. The number of likely N-dealkylation sites (tertiary alicyclic amines) is 1. The van der Waals surface area contributed by atoms with E-state index in [4.69, 9.17) is 21.1 Å². The largest absolute Gasteiger partial charge is 0.493 e. The average molecular weight is 495 g/mol. The molecule has 0 radical (unpaired) electrons. The Bertz CT molecular complexity index is 1310. The van der Waals surface area contributed by atoms with Crippen molar-refractivity contribution in [2.45, 2.75) is 37.9 Å². The van der Waals surface area contributed by atoms with Crippen LogP contribution in [-0.4, -0.2) is 66.5 Å². The highest BCUT2D eigenvalue weighted by atomic mass is 35.5. The van der Waals surface area contributed by atoms with Gasteiger partial charge in [-0.1, -0.05) is 17.7 Å². The van der Waals surface area contributed by atoms with E-state index in [-0.39, 0.29) is 40.9 Å². The molecule has 0 saturated carbocycles. The second-order valence-corrected chi connectivity index (χ2v) is 9.24. The van der Waals surface area contributed by atoms with Crippen molar-refractivity contribution in [1.29, 1.82) is 5.26 Å². The molecule has 0 N–H and O–H groups in total. The summed E-state index contributed by atoms with van der Waals surface area (Å²) in [5.41, 5.74) is 1.90. The van der Waals surface area contributed by atoms with Gasteiger partial charge in [0.25, 0.3) is 5.91 Å². The van der Waals surface area contributed by atoms with E-state index in [1.165, 1.54) is 13.2 Å². The van der Waals surface area contributed by atoms with E-state index in [0.717, 1.165) is 10.5 Å². The SMILES string of the molecule is COc1ccc(CC(=O)N2C[C@@H]3C[C@H]2[C@H]2C(=O)N(c4ccc(C#N)c(Cl)c4C)C(=O)N32)cc1OC. The number of carbonyl (C=O) groups excluding carboxylic acids is 3. The van der Waals surface area contributed by atoms with Gasteiger partial charge >= 0.3 is 6.03 Å². The lowest BCUT2D eigenvalue weighted by atomic mass is 10.1. The van der Waals surface area contributed by atoms with Crippen LogP contribution in [0.3, 0.4) is 0 Å². The molecule has 2 bridgehead atoms. The van der Waals surface area contributed by atoms with Gasteiger partial charge in [0.2, 0.25) is 5.91 Å². The molecular weight excluding hydrogens is 472 g/mol. The summed E-state index contributed by atoms with van der Waals surface area (Å²) in [6, 6.07) is 8.64. The van der Waals surface area contributed by atoms with E-state index in [2.05, 4.69) is 0 Å². The van der Waals surface area contributed by atoms with E-state index in [1.807, 2.05) is 12.1 Å². The quantitative estimate of drug-likeness (QED) is 0.592. The average Bonchev–Trinajstić information content (AvgIpc) is 3.52.